The highest BCUT2D eigenvalue weighted by Gasteiger charge is 2.22. The predicted octanol–water partition coefficient (Wildman–Crippen LogP) is 2.65. The van der Waals surface area contributed by atoms with Gasteiger partial charge in [0.05, 0.1) is 0 Å². The van der Waals surface area contributed by atoms with Crippen LogP contribution in [0.4, 0.5) is 5.69 Å². The summed E-state index contributed by atoms with van der Waals surface area (Å²) in [5, 5.41) is 3.38. The summed E-state index contributed by atoms with van der Waals surface area (Å²) in [6.45, 7) is 8.44. The van der Waals surface area contributed by atoms with Crippen LogP contribution in [-0.4, -0.2) is 74.5 Å². The number of hydrogen-bond donors (Lipinski definition) is 1. The van der Waals surface area contributed by atoms with Gasteiger partial charge < -0.3 is 20.0 Å². The van der Waals surface area contributed by atoms with Crippen LogP contribution in [0, 0.1) is 5.92 Å². The van der Waals surface area contributed by atoms with Crippen LogP contribution in [0.5, 0.6) is 0 Å². The summed E-state index contributed by atoms with van der Waals surface area (Å²) in [4.78, 5) is 23.6. The molecular weight excluding hydrogens is 465 g/mol. The molecule has 7 heteroatoms. The number of benzene rings is 1. The fourth-order valence-corrected chi connectivity index (χ4v) is 4.01. The van der Waals surface area contributed by atoms with E-state index in [1.54, 1.807) is 0 Å². The Hall–Kier alpha value is -1.51. The first-order valence-corrected chi connectivity index (χ1v) is 10.2. The van der Waals surface area contributed by atoms with E-state index in [1.165, 1.54) is 18.5 Å². The van der Waals surface area contributed by atoms with Crippen molar-refractivity contribution in [1.82, 2.24) is 15.1 Å². The number of halogens is 1. The number of carbonyl (C=O) groups is 1. The third-order valence-electron chi connectivity index (χ3n) is 5.54. The Morgan fingerprint density at radius 2 is 1.82 bits per heavy atom. The highest BCUT2D eigenvalue weighted by Crippen LogP contribution is 2.16. The van der Waals surface area contributed by atoms with Crippen LogP contribution in [0.25, 0.3) is 0 Å². The van der Waals surface area contributed by atoms with Gasteiger partial charge in [-0.15, -0.1) is 24.0 Å². The van der Waals surface area contributed by atoms with Crippen molar-refractivity contribution in [3.8, 4) is 0 Å². The van der Waals surface area contributed by atoms with E-state index in [0.717, 1.165) is 45.2 Å². The molecule has 1 amide bonds. The van der Waals surface area contributed by atoms with E-state index in [0.29, 0.717) is 18.9 Å². The zero-order chi connectivity index (χ0) is 19.1. The van der Waals surface area contributed by atoms with E-state index in [-0.39, 0.29) is 29.9 Å². The summed E-state index contributed by atoms with van der Waals surface area (Å²) in [7, 11) is 1.83. The summed E-state index contributed by atoms with van der Waals surface area (Å²) in [5.41, 5.74) is 1.24. The number of aliphatic imine (C=N–C) groups is 1. The minimum absolute atomic E-state index is 0. The van der Waals surface area contributed by atoms with E-state index in [2.05, 4.69) is 51.3 Å². The highest BCUT2D eigenvalue weighted by atomic mass is 127. The quantitative estimate of drug-likeness (QED) is 0.393. The average Bonchev–Trinajstić information content (AvgIpc) is 2.72. The maximum atomic E-state index is 12.6. The van der Waals surface area contributed by atoms with E-state index >= 15 is 0 Å². The molecule has 0 radical (unpaired) electrons. The first kappa shape index (κ1) is 22.8. The number of piperidine rings is 1. The van der Waals surface area contributed by atoms with E-state index in [1.807, 2.05) is 18.0 Å². The van der Waals surface area contributed by atoms with Crippen LogP contribution >= 0.6 is 24.0 Å². The molecule has 2 heterocycles. The number of piperazine rings is 1. The van der Waals surface area contributed by atoms with Gasteiger partial charge in [-0.1, -0.05) is 25.1 Å². The number of nitrogens with one attached hydrogen (secondary N) is 1. The second kappa shape index (κ2) is 11.5. The Morgan fingerprint density at radius 1 is 1.11 bits per heavy atom. The molecule has 0 aliphatic carbocycles. The number of nitrogens with zero attached hydrogens (tertiary/aromatic N) is 4. The molecule has 1 atom stereocenters. The Bertz CT molecular complexity index is 631. The molecule has 3 rings (SSSR count). The minimum Gasteiger partial charge on any atom is -0.368 e. The van der Waals surface area contributed by atoms with Gasteiger partial charge in [0.15, 0.2) is 5.96 Å². The van der Waals surface area contributed by atoms with Crippen LogP contribution in [-0.2, 0) is 4.79 Å². The molecule has 0 bridgehead atoms. The van der Waals surface area contributed by atoms with Crippen molar-refractivity contribution in [1.29, 1.82) is 0 Å². The summed E-state index contributed by atoms with van der Waals surface area (Å²) in [5.74, 6) is 1.88. The molecule has 6 nitrogen and oxygen atoms in total. The number of rotatable bonds is 4. The summed E-state index contributed by atoms with van der Waals surface area (Å²) in [6, 6.07) is 10.4. The van der Waals surface area contributed by atoms with E-state index in [4.69, 9.17) is 0 Å². The summed E-state index contributed by atoms with van der Waals surface area (Å²) < 4.78 is 0. The number of anilines is 1. The third kappa shape index (κ3) is 6.25. The molecule has 0 spiro atoms. The third-order valence-corrected chi connectivity index (χ3v) is 5.54. The molecule has 28 heavy (non-hydrogen) atoms. The Labute approximate surface area is 186 Å². The van der Waals surface area contributed by atoms with Crippen molar-refractivity contribution in [2.45, 2.75) is 26.2 Å². The number of amides is 1. The van der Waals surface area contributed by atoms with Crippen molar-refractivity contribution in [3.05, 3.63) is 30.3 Å². The molecule has 1 aromatic rings. The normalized spacial score (nSPS) is 20.6. The Kier molecular flexibility index (Phi) is 9.34. The maximum absolute atomic E-state index is 12.6. The highest BCUT2D eigenvalue weighted by molar-refractivity contribution is 14.0. The standard InChI is InChI=1S/C21H33N5O.HI/c1-18-7-6-12-26(17-18)21(22-2)23-11-10-20(27)25-15-13-24(14-16-25)19-8-4-3-5-9-19;/h3-5,8-9,18H,6-7,10-17H2,1-2H3,(H,22,23);1H. The minimum atomic E-state index is 0. The summed E-state index contributed by atoms with van der Waals surface area (Å²) >= 11 is 0. The molecule has 0 saturated carbocycles. The molecule has 156 valence electrons. The Morgan fingerprint density at radius 3 is 2.46 bits per heavy atom. The molecule has 1 N–H and O–H groups in total. The molecule has 2 saturated heterocycles. The van der Waals surface area contributed by atoms with Gasteiger partial charge >= 0.3 is 0 Å². The van der Waals surface area contributed by atoms with Crippen molar-refractivity contribution in [2.24, 2.45) is 10.9 Å². The fraction of sp³-hybridized carbons (Fsp3) is 0.619. The predicted molar refractivity (Wildman–Crippen MR) is 127 cm³/mol. The molecule has 0 aromatic heterocycles. The first-order chi connectivity index (χ1) is 13.2. The van der Waals surface area contributed by atoms with Gasteiger partial charge in [0.25, 0.3) is 0 Å². The van der Waals surface area contributed by atoms with Crippen molar-refractivity contribution in [2.75, 3.05) is 57.8 Å². The molecule has 1 aromatic carbocycles. The monoisotopic (exact) mass is 499 g/mol. The van der Waals surface area contributed by atoms with Crippen LogP contribution in [0.3, 0.4) is 0 Å². The topological polar surface area (TPSA) is 51.2 Å². The second-order valence-electron chi connectivity index (χ2n) is 7.62. The van der Waals surface area contributed by atoms with Gasteiger partial charge in [0.2, 0.25) is 5.91 Å². The summed E-state index contributed by atoms with van der Waals surface area (Å²) in [6.07, 6.45) is 3.03. The largest absolute Gasteiger partial charge is 0.368 e. The number of carbonyl (C=O) groups excluding carboxylic acids is 1. The molecular formula is C21H34IN5O. The van der Waals surface area contributed by atoms with Gasteiger partial charge in [0.1, 0.15) is 0 Å². The van der Waals surface area contributed by atoms with Crippen LogP contribution < -0.4 is 10.2 Å². The SMILES string of the molecule is CN=C(NCCC(=O)N1CCN(c2ccccc2)CC1)N1CCCC(C)C1.I. The second-order valence-corrected chi connectivity index (χ2v) is 7.62. The van der Waals surface area contributed by atoms with Gasteiger partial charge in [0, 0.05) is 65.0 Å². The van der Waals surface area contributed by atoms with Gasteiger partial charge in [-0.3, -0.25) is 9.79 Å². The van der Waals surface area contributed by atoms with E-state index in [9.17, 15) is 4.79 Å². The lowest BCUT2D eigenvalue weighted by molar-refractivity contribution is -0.131. The van der Waals surface area contributed by atoms with Crippen LogP contribution in [0.2, 0.25) is 0 Å². The lowest BCUT2D eigenvalue weighted by atomic mass is 10.0. The number of hydrogen-bond acceptors (Lipinski definition) is 3. The Balaban J connectivity index is 0.00000280. The van der Waals surface area contributed by atoms with Crippen LogP contribution in [0.15, 0.2) is 35.3 Å². The lowest BCUT2D eigenvalue weighted by Gasteiger charge is -2.36. The van der Waals surface area contributed by atoms with E-state index < -0.39 is 0 Å². The van der Waals surface area contributed by atoms with Gasteiger partial charge in [-0.25, -0.2) is 0 Å². The van der Waals surface area contributed by atoms with Crippen molar-refractivity contribution >= 4 is 41.5 Å². The average molecular weight is 499 g/mol. The zero-order valence-corrected chi connectivity index (χ0v) is 19.5. The smallest absolute Gasteiger partial charge is 0.224 e. The molecule has 2 aliphatic heterocycles. The molecule has 2 aliphatic rings. The van der Waals surface area contributed by atoms with Crippen LogP contribution in [0.1, 0.15) is 26.2 Å². The van der Waals surface area contributed by atoms with Crippen molar-refractivity contribution < 1.29 is 4.79 Å². The van der Waals surface area contributed by atoms with Gasteiger partial charge in [-0.2, -0.15) is 0 Å². The molecule has 2 fully saturated rings. The zero-order valence-electron chi connectivity index (χ0n) is 17.1. The van der Waals surface area contributed by atoms with Crippen molar-refractivity contribution in [3.63, 3.8) is 0 Å². The maximum Gasteiger partial charge on any atom is 0.224 e. The van der Waals surface area contributed by atoms with Gasteiger partial charge in [-0.05, 0) is 30.9 Å². The first-order valence-electron chi connectivity index (χ1n) is 10.2. The molecule has 1 unspecified atom stereocenters. The fourth-order valence-electron chi connectivity index (χ4n) is 4.01. The number of likely N-dealkylation sites (tertiary alicyclic amines) is 1. The number of guanidine groups is 1. The number of para-hydroxylation sites is 1. The lowest BCUT2D eigenvalue weighted by Crippen LogP contribution is -2.50.